The number of carbonyl (C=O) groups excluding carboxylic acids is 2. The first-order valence-corrected chi connectivity index (χ1v) is 9.78. The highest BCUT2D eigenvalue weighted by Gasteiger charge is 2.29. The van der Waals surface area contributed by atoms with Crippen molar-refractivity contribution in [1.29, 1.82) is 0 Å². The molecule has 1 aromatic carbocycles. The van der Waals surface area contributed by atoms with E-state index in [1.807, 2.05) is 34.9 Å². The van der Waals surface area contributed by atoms with E-state index in [0.29, 0.717) is 18.2 Å². The second kappa shape index (κ2) is 8.39. The van der Waals surface area contributed by atoms with Crippen molar-refractivity contribution < 1.29 is 14.3 Å². The topological polar surface area (TPSA) is 77.3 Å². The fourth-order valence-electron chi connectivity index (χ4n) is 2.46. The predicted molar refractivity (Wildman–Crippen MR) is 96.9 cm³/mol. The molecule has 1 aliphatic heterocycles. The monoisotopic (exact) mass is 378 g/mol. The first-order valence-electron chi connectivity index (χ1n) is 7.74. The van der Waals surface area contributed by atoms with Crippen LogP contribution in [0.1, 0.15) is 0 Å². The number of hydrogen-bond donors (Lipinski definition) is 0. The minimum atomic E-state index is -0.305. The summed E-state index contributed by atoms with van der Waals surface area (Å²) in [6, 6.07) is 9.73. The molecule has 2 heterocycles. The van der Waals surface area contributed by atoms with Crippen LogP contribution in [0.3, 0.4) is 0 Å². The molecule has 0 aliphatic carbocycles. The van der Waals surface area contributed by atoms with Crippen molar-refractivity contribution in [2.75, 3.05) is 31.7 Å². The van der Waals surface area contributed by atoms with Gasteiger partial charge in [-0.25, -0.2) is 0 Å². The SMILES string of the molecule is COC(=O)[C@@H]1CN(C(=O)CSc2nncn2-c2ccccc2)CCS1. The summed E-state index contributed by atoms with van der Waals surface area (Å²) in [5, 5.41) is 8.39. The molecule has 1 amide bonds. The van der Waals surface area contributed by atoms with Crippen molar-refractivity contribution in [2.24, 2.45) is 0 Å². The van der Waals surface area contributed by atoms with Crippen LogP contribution in [-0.4, -0.2) is 68.5 Å². The number of carbonyl (C=O) groups is 2. The Morgan fingerprint density at radius 3 is 2.92 bits per heavy atom. The summed E-state index contributed by atoms with van der Waals surface area (Å²) in [4.78, 5) is 25.9. The largest absolute Gasteiger partial charge is 0.468 e. The van der Waals surface area contributed by atoms with Crippen LogP contribution in [0.2, 0.25) is 0 Å². The fourth-order valence-corrected chi connectivity index (χ4v) is 4.42. The third-order valence-electron chi connectivity index (χ3n) is 3.76. The van der Waals surface area contributed by atoms with E-state index in [2.05, 4.69) is 10.2 Å². The predicted octanol–water partition coefficient (Wildman–Crippen LogP) is 1.48. The van der Waals surface area contributed by atoms with Crippen LogP contribution in [-0.2, 0) is 14.3 Å². The van der Waals surface area contributed by atoms with E-state index in [-0.39, 0.29) is 22.9 Å². The van der Waals surface area contributed by atoms with Crippen molar-refractivity contribution in [3.8, 4) is 5.69 Å². The molecule has 0 spiro atoms. The van der Waals surface area contributed by atoms with Gasteiger partial charge in [0.15, 0.2) is 5.16 Å². The fraction of sp³-hybridized carbons (Fsp3) is 0.375. The Bertz CT molecular complexity index is 738. The lowest BCUT2D eigenvalue weighted by Gasteiger charge is -2.30. The molecule has 1 saturated heterocycles. The minimum absolute atomic E-state index is 0.0122. The van der Waals surface area contributed by atoms with Crippen molar-refractivity contribution in [2.45, 2.75) is 10.4 Å². The molecule has 1 atom stereocenters. The molecule has 3 rings (SSSR count). The van der Waals surface area contributed by atoms with Crippen LogP contribution in [0.4, 0.5) is 0 Å². The lowest BCUT2D eigenvalue weighted by atomic mass is 10.3. The second-order valence-corrected chi connectivity index (χ2v) is 7.58. The van der Waals surface area contributed by atoms with E-state index in [9.17, 15) is 9.59 Å². The summed E-state index contributed by atoms with van der Waals surface area (Å²) >= 11 is 2.87. The maximum atomic E-state index is 12.5. The molecule has 0 bridgehead atoms. The highest BCUT2D eigenvalue weighted by atomic mass is 32.2. The summed E-state index contributed by atoms with van der Waals surface area (Å²) in [6.07, 6.45) is 1.63. The summed E-state index contributed by atoms with van der Waals surface area (Å²) in [5.41, 5.74) is 0.947. The van der Waals surface area contributed by atoms with Crippen LogP contribution < -0.4 is 0 Å². The van der Waals surface area contributed by atoms with Gasteiger partial charge in [-0.3, -0.25) is 14.2 Å². The molecule has 25 heavy (non-hydrogen) atoms. The average molecular weight is 378 g/mol. The van der Waals surface area contributed by atoms with Gasteiger partial charge in [0.25, 0.3) is 0 Å². The Labute approximate surface area is 154 Å². The van der Waals surface area contributed by atoms with Gasteiger partial charge in [0.1, 0.15) is 11.6 Å². The number of aromatic nitrogens is 3. The number of thioether (sulfide) groups is 2. The molecule has 9 heteroatoms. The molecule has 1 aliphatic rings. The molecule has 2 aromatic rings. The van der Waals surface area contributed by atoms with Gasteiger partial charge in [-0.15, -0.1) is 22.0 Å². The normalized spacial score (nSPS) is 17.3. The summed E-state index contributed by atoms with van der Waals surface area (Å²) in [6.45, 7) is 1.03. The number of hydrogen-bond acceptors (Lipinski definition) is 7. The molecule has 0 saturated carbocycles. The van der Waals surface area contributed by atoms with E-state index in [0.717, 1.165) is 11.4 Å². The number of rotatable bonds is 5. The number of para-hydroxylation sites is 1. The van der Waals surface area contributed by atoms with Gasteiger partial charge in [-0.1, -0.05) is 30.0 Å². The molecular weight excluding hydrogens is 360 g/mol. The van der Waals surface area contributed by atoms with Crippen molar-refractivity contribution in [3.05, 3.63) is 36.7 Å². The van der Waals surface area contributed by atoms with Crippen molar-refractivity contribution in [3.63, 3.8) is 0 Å². The second-order valence-electron chi connectivity index (χ2n) is 5.33. The number of nitrogens with zero attached hydrogens (tertiary/aromatic N) is 4. The van der Waals surface area contributed by atoms with Crippen LogP contribution >= 0.6 is 23.5 Å². The van der Waals surface area contributed by atoms with Crippen LogP contribution in [0, 0.1) is 0 Å². The minimum Gasteiger partial charge on any atom is -0.468 e. The van der Waals surface area contributed by atoms with Crippen LogP contribution in [0.15, 0.2) is 41.8 Å². The van der Waals surface area contributed by atoms with Crippen molar-refractivity contribution in [1.82, 2.24) is 19.7 Å². The van der Waals surface area contributed by atoms with E-state index in [1.54, 1.807) is 11.2 Å². The van der Waals surface area contributed by atoms with Gasteiger partial charge in [0.2, 0.25) is 5.91 Å². The standard InChI is InChI=1S/C16H18N4O3S2/c1-23-15(22)13-9-19(7-8-24-13)14(21)10-25-16-18-17-11-20(16)12-5-3-2-4-6-12/h2-6,11,13H,7-10H2,1H3/t13-/m0/s1. The Kier molecular flexibility index (Phi) is 5.98. The third kappa shape index (κ3) is 4.35. The zero-order chi connectivity index (χ0) is 17.6. The molecule has 0 unspecified atom stereocenters. The van der Waals surface area contributed by atoms with Gasteiger partial charge in [0, 0.05) is 24.5 Å². The summed E-state index contributed by atoms with van der Waals surface area (Å²) in [5.74, 6) is 0.696. The zero-order valence-corrected chi connectivity index (χ0v) is 15.3. The quantitative estimate of drug-likeness (QED) is 0.576. The van der Waals surface area contributed by atoms with Crippen molar-refractivity contribution >= 4 is 35.4 Å². The number of amides is 1. The molecule has 1 fully saturated rings. The molecule has 0 N–H and O–H groups in total. The molecule has 132 valence electrons. The number of benzene rings is 1. The molecule has 0 radical (unpaired) electrons. The van der Waals surface area contributed by atoms with E-state index >= 15 is 0 Å². The van der Waals surface area contributed by atoms with Gasteiger partial charge < -0.3 is 9.64 Å². The molecular formula is C16H18N4O3S2. The number of ether oxygens (including phenoxy) is 1. The first kappa shape index (κ1) is 17.8. The lowest BCUT2D eigenvalue weighted by molar-refractivity contribution is -0.141. The molecule has 7 nitrogen and oxygen atoms in total. The Morgan fingerprint density at radius 2 is 2.16 bits per heavy atom. The smallest absolute Gasteiger partial charge is 0.320 e. The highest BCUT2D eigenvalue weighted by molar-refractivity contribution is 8.00. The van der Waals surface area contributed by atoms with Gasteiger partial charge in [-0.2, -0.15) is 0 Å². The highest BCUT2D eigenvalue weighted by Crippen LogP contribution is 2.23. The van der Waals surface area contributed by atoms with E-state index < -0.39 is 0 Å². The maximum absolute atomic E-state index is 12.5. The van der Waals surface area contributed by atoms with E-state index in [4.69, 9.17) is 4.74 Å². The van der Waals surface area contributed by atoms with Gasteiger partial charge in [0.05, 0.1) is 12.9 Å². The van der Waals surface area contributed by atoms with Gasteiger partial charge in [-0.05, 0) is 12.1 Å². The van der Waals surface area contributed by atoms with Crippen LogP contribution in [0.25, 0.3) is 5.69 Å². The maximum Gasteiger partial charge on any atom is 0.320 e. The average Bonchev–Trinajstić information content (AvgIpc) is 3.15. The lowest BCUT2D eigenvalue weighted by Crippen LogP contribution is -2.45. The Hall–Kier alpha value is -2.00. The first-order chi connectivity index (χ1) is 12.2. The van der Waals surface area contributed by atoms with Crippen LogP contribution in [0.5, 0.6) is 0 Å². The van der Waals surface area contributed by atoms with Gasteiger partial charge >= 0.3 is 5.97 Å². The Morgan fingerprint density at radius 1 is 1.36 bits per heavy atom. The zero-order valence-electron chi connectivity index (χ0n) is 13.7. The number of methoxy groups -OCH3 is 1. The third-order valence-corrected chi connectivity index (χ3v) is 5.85. The number of esters is 1. The summed E-state index contributed by atoms with van der Waals surface area (Å²) in [7, 11) is 1.37. The Balaban J connectivity index is 1.60. The summed E-state index contributed by atoms with van der Waals surface area (Å²) < 4.78 is 6.63. The molecule has 1 aromatic heterocycles. The van der Waals surface area contributed by atoms with E-state index in [1.165, 1.54) is 30.6 Å².